The Balaban J connectivity index is 2.01. The lowest BCUT2D eigenvalue weighted by atomic mass is 9.85. The van der Waals surface area contributed by atoms with Crippen LogP contribution in [0.3, 0.4) is 0 Å². The van der Waals surface area contributed by atoms with Crippen LogP contribution in [0.1, 0.15) is 26.3 Å². The summed E-state index contributed by atoms with van der Waals surface area (Å²) in [6, 6.07) is 16.1. The van der Waals surface area contributed by atoms with Gasteiger partial charge in [-0.2, -0.15) is 0 Å². The number of amides is 1. The smallest absolute Gasteiger partial charge is 0.316 e. The maximum absolute atomic E-state index is 12.5. The summed E-state index contributed by atoms with van der Waals surface area (Å²) >= 11 is 5.88. The van der Waals surface area contributed by atoms with E-state index in [2.05, 4.69) is 5.32 Å². The molecule has 1 N–H and O–H groups in total. The first-order valence-corrected chi connectivity index (χ1v) is 8.01. The van der Waals surface area contributed by atoms with Crippen molar-refractivity contribution in [1.29, 1.82) is 0 Å². The van der Waals surface area contributed by atoms with E-state index in [-0.39, 0.29) is 0 Å². The van der Waals surface area contributed by atoms with Crippen LogP contribution in [0.2, 0.25) is 5.02 Å². The van der Waals surface area contributed by atoms with Gasteiger partial charge >= 0.3 is 5.97 Å². The number of anilines is 1. The van der Waals surface area contributed by atoms with Crippen LogP contribution in [0.25, 0.3) is 0 Å². The first kappa shape index (κ1) is 18.0. The minimum absolute atomic E-state index is 0.408. The van der Waals surface area contributed by atoms with Gasteiger partial charge in [-0.3, -0.25) is 9.59 Å². The predicted octanol–water partition coefficient (Wildman–Crippen LogP) is 4.19. The molecule has 0 unspecified atom stereocenters. The van der Waals surface area contributed by atoms with Gasteiger partial charge in [0.15, 0.2) is 6.10 Å². The number of halogens is 1. The van der Waals surface area contributed by atoms with Crippen molar-refractivity contribution >= 4 is 29.2 Å². The molecule has 0 aliphatic rings. The number of hydrogen-bond acceptors (Lipinski definition) is 3. The van der Waals surface area contributed by atoms with Crippen LogP contribution in [0.4, 0.5) is 5.69 Å². The van der Waals surface area contributed by atoms with E-state index >= 15 is 0 Å². The minimum Gasteiger partial charge on any atom is -0.452 e. The molecule has 0 heterocycles. The van der Waals surface area contributed by atoms with Crippen molar-refractivity contribution in [2.45, 2.75) is 32.3 Å². The number of rotatable bonds is 5. The van der Waals surface area contributed by atoms with Crippen LogP contribution in [0.5, 0.6) is 0 Å². The zero-order valence-electron chi connectivity index (χ0n) is 13.9. The molecule has 2 aromatic carbocycles. The highest BCUT2D eigenvalue weighted by atomic mass is 35.5. The Kier molecular flexibility index (Phi) is 5.62. The molecule has 0 bridgehead atoms. The van der Waals surface area contributed by atoms with E-state index in [0.717, 1.165) is 5.56 Å². The van der Waals surface area contributed by atoms with E-state index in [1.165, 1.54) is 0 Å². The fourth-order valence-electron chi connectivity index (χ4n) is 2.14. The number of carbonyl (C=O) groups excluding carboxylic acids is 2. The fraction of sp³-hybridized carbons (Fsp3) is 0.263. The van der Waals surface area contributed by atoms with Crippen molar-refractivity contribution in [3.8, 4) is 0 Å². The van der Waals surface area contributed by atoms with Crippen molar-refractivity contribution < 1.29 is 14.3 Å². The summed E-state index contributed by atoms with van der Waals surface area (Å²) in [5.74, 6) is -0.864. The van der Waals surface area contributed by atoms with Gasteiger partial charge in [0.1, 0.15) is 0 Å². The maximum atomic E-state index is 12.5. The molecule has 0 saturated carbocycles. The average molecular weight is 346 g/mol. The first-order chi connectivity index (χ1) is 11.3. The second-order valence-corrected chi connectivity index (χ2v) is 6.47. The van der Waals surface area contributed by atoms with E-state index in [1.807, 2.05) is 30.3 Å². The third-order valence-electron chi connectivity index (χ3n) is 3.75. The summed E-state index contributed by atoms with van der Waals surface area (Å²) in [5.41, 5.74) is 0.543. The predicted molar refractivity (Wildman–Crippen MR) is 95.1 cm³/mol. The summed E-state index contributed by atoms with van der Waals surface area (Å²) in [7, 11) is 0. The molecule has 2 aromatic rings. The Morgan fingerprint density at radius 3 is 2.38 bits per heavy atom. The van der Waals surface area contributed by atoms with Gasteiger partial charge < -0.3 is 10.1 Å². The molecular weight excluding hydrogens is 326 g/mol. The van der Waals surface area contributed by atoms with Crippen molar-refractivity contribution in [2.75, 3.05) is 5.32 Å². The number of esters is 1. The van der Waals surface area contributed by atoms with E-state index < -0.39 is 23.4 Å². The van der Waals surface area contributed by atoms with Gasteiger partial charge in [-0.15, -0.1) is 0 Å². The lowest BCUT2D eigenvalue weighted by Gasteiger charge is -2.25. The number of hydrogen-bond donors (Lipinski definition) is 1. The highest BCUT2D eigenvalue weighted by molar-refractivity contribution is 6.30. The van der Waals surface area contributed by atoms with Crippen LogP contribution in [-0.2, 0) is 19.7 Å². The Morgan fingerprint density at radius 2 is 1.75 bits per heavy atom. The van der Waals surface area contributed by atoms with Crippen molar-refractivity contribution in [3.05, 3.63) is 65.2 Å². The summed E-state index contributed by atoms with van der Waals surface area (Å²) in [5, 5.41) is 3.19. The van der Waals surface area contributed by atoms with E-state index in [9.17, 15) is 9.59 Å². The third-order valence-corrected chi connectivity index (χ3v) is 3.99. The zero-order chi connectivity index (χ0) is 17.7. The molecule has 0 saturated heterocycles. The van der Waals surface area contributed by atoms with Gasteiger partial charge in [-0.05, 0) is 44.5 Å². The second kappa shape index (κ2) is 7.49. The highest BCUT2D eigenvalue weighted by Crippen LogP contribution is 2.25. The lowest BCUT2D eigenvalue weighted by molar-refractivity contribution is -0.158. The fourth-order valence-corrected chi connectivity index (χ4v) is 2.33. The molecule has 1 amide bonds. The summed E-state index contributed by atoms with van der Waals surface area (Å²) in [6.45, 7) is 5.08. The Morgan fingerprint density at radius 1 is 1.08 bits per heavy atom. The number of benzene rings is 2. The quantitative estimate of drug-likeness (QED) is 0.827. The van der Waals surface area contributed by atoms with Crippen LogP contribution in [0, 0.1) is 0 Å². The summed E-state index contributed by atoms with van der Waals surface area (Å²) < 4.78 is 5.35. The van der Waals surface area contributed by atoms with Gasteiger partial charge in [0, 0.05) is 10.7 Å². The lowest BCUT2D eigenvalue weighted by Crippen LogP contribution is -2.37. The zero-order valence-corrected chi connectivity index (χ0v) is 14.6. The van der Waals surface area contributed by atoms with Crippen molar-refractivity contribution in [3.63, 3.8) is 0 Å². The van der Waals surface area contributed by atoms with Crippen molar-refractivity contribution in [2.24, 2.45) is 0 Å². The van der Waals surface area contributed by atoms with Crippen LogP contribution in [0.15, 0.2) is 54.6 Å². The second-order valence-electron chi connectivity index (χ2n) is 6.04. The third kappa shape index (κ3) is 4.36. The standard InChI is InChI=1S/C19H20ClNO3/c1-13(17(22)21-16-11-7-10-15(20)12-16)24-18(23)19(2,3)14-8-5-4-6-9-14/h4-13H,1-3H3,(H,21,22)/t13-/m1/s1. The number of ether oxygens (including phenoxy) is 1. The molecule has 0 spiro atoms. The van der Waals surface area contributed by atoms with Gasteiger partial charge in [0.25, 0.3) is 5.91 Å². The van der Waals surface area contributed by atoms with E-state index in [4.69, 9.17) is 16.3 Å². The largest absolute Gasteiger partial charge is 0.452 e. The molecule has 2 rings (SSSR count). The highest BCUT2D eigenvalue weighted by Gasteiger charge is 2.33. The molecule has 0 fully saturated rings. The monoisotopic (exact) mass is 345 g/mol. The Labute approximate surface area is 146 Å². The topological polar surface area (TPSA) is 55.4 Å². The number of nitrogens with one attached hydrogen (secondary N) is 1. The molecule has 4 nitrogen and oxygen atoms in total. The Hall–Kier alpha value is -2.33. The van der Waals surface area contributed by atoms with Crippen LogP contribution < -0.4 is 5.32 Å². The molecule has 126 valence electrons. The molecule has 0 aliphatic carbocycles. The van der Waals surface area contributed by atoms with Gasteiger partial charge in [0.05, 0.1) is 5.41 Å². The normalized spacial score (nSPS) is 12.3. The van der Waals surface area contributed by atoms with Crippen molar-refractivity contribution in [1.82, 2.24) is 0 Å². The van der Waals surface area contributed by atoms with E-state index in [0.29, 0.717) is 10.7 Å². The number of carbonyl (C=O) groups is 2. The van der Waals surface area contributed by atoms with E-state index in [1.54, 1.807) is 45.0 Å². The average Bonchev–Trinajstić information content (AvgIpc) is 2.55. The molecule has 0 radical (unpaired) electrons. The van der Waals surface area contributed by atoms with Gasteiger partial charge in [-0.25, -0.2) is 0 Å². The van der Waals surface area contributed by atoms with Crippen LogP contribution >= 0.6 is 11.6 Å². The van der Waals surface area contributed by atoms with Crippen LogP contribution in [-0.4, -0.2) is 18.0 Å². The molecule has 5 heteroatoms. The maximum Gasteiger partial charge on any atom is 0.316 e. The molecule has 0 aromatic heterocycles. The Bertz CT molecular complexity index is 728. The minimum atomic E-state index is -0.917. The molecule has 24 heavy (non-hydrogen) atoms. The molecule has 0 aliphatic heterocycles. The van der Waals surface area contributed by atoms with Gasteiger partial charge in [0.2, 0.25) is 0 Å². The SMILES string of the molecule is C[C@@H](OC(=O)C(C)(C)c1ccccc1)C(=O)Nc1cccc(Cl)c1. The summed E-state index contributed by atoms with van der Waals surface area (Å²) in [6.07, 6.45) is -0.917. The molecular formula is C19H20ClNO3. The summed E-state index contributed by atoms with van der Waals surface area (Å²) in [4.78, 5) is 24.7. The first-order valence-electron chi connectivity index (χ1n) is 7.64. The molecule has 1 atom stereocenters. The van der Waals surface area contributed by atoms with Gasteiger partial charge in [-0.1, -0.05) is 48.0 Å².